The van der Waals surface area contributed by atoms with Crippen LogP contribution < -0.4 is 19.9 Å². The Morgan fingerprint density at radius 1 is 0.943 bits per heavy atom. The van der Waals surface area contributed by atoms with Gasteiger partial charge in [-0.1, -0.05) is 6.07 Å². The Bertz CT molecular complexity index is 1540. The van der Waals surface area contributed by atoms with Gasteiger partial charge in [-0.25, -0.2) is 4.98 Å². The lowest BCUT2D eigenvalue weighted by Gasteiger charge is -2.08. The van der Waals surface area contributed by atoms with E-state index < -0.39 is 0 Å². The molecule has 3 heterocycles. The average Bonchev–Trinajstić information content (AvgIpc) is 3.49. The van der Waals surface area contributed by atoms with Crippen LogP contribution in [0.4, 0.5) is 5.69 Å². The summed E-state index contributed by atoms with van der Waals surface area (Å²) in [6, 6.07) is 18.3. The van der Waals surface area contributed by atoms with Crippen LogP contribution in [0, 0.1) is 0 Å². The molecule has 0 amide bonds. The summed E-state index contributed by atoms with van der Waals surface area (Å²) in [5.74, 6) is 1.90. The summed E-state index contributed by atoms with van der Waals surface area (Å²) in [5.41, 5.74) is 11.0. The summed E-state index contributed by atoms with van der Waals surface area (Å²) in [6.07, 6.45) is 1.84. The number of thiazole rings is 1. The number of nitrogens with zero attached hydrogens (tertiary/aromatic N) is 2. The van der Waals surface area contributed by atoms with Crippen LogP contribution in [0.25, 0.3) is 27.3 Å². The average molecular weight is 486 g/mol. The summed E-state index contributed by atoms with van der Waals surface area (Å²) in [6.45, 7) is 0. The number of methoxy groups -OCH3 is 3. The molecular weight excluding hydrogens is 462 g/mol. The number of pyridine rings is 1. The highest BCUT2D eigenvalue weighted by molar-refractivity contribution is 7.13. The number of nitrogens with two attached hydrogens (primary N) is 1. The fraction of sp³-hybridized carbons (Fsp3) is 0.111. The number of carbonyl (C=O) groups excluding carboxylic acids is 1. The number of hydrogen-bond donors (Lipinski definition) is 1. The largest absolute Gasteiger partial charge is 0.497 e. The van der Waals surface area contributed by atoms with E-state index in [1.54, 1.807) is 45.6 Å². The van der Waals surface area contributed by atoms with Crippen molar-refractivity contribution in [3.8, 4) is 39.1 Å². The van der Waals surface area contributed by atoms with Crippen molar-refractivity contribution in [2.24, 2.45) is 0 Å². The normalized spacial score (nSPS) is 10.9. The van der Waals surface area contributed by atoms with Crippen LogP contribution in [0.3, 0.4) is 0 Å². The van der Waals surface area contributed by atoms with Gasteiger partial charge in [0.05, 0.1) is 43.8 Å². The summed E-state index contributed by atoms with van der Waals surface area (Å²) in [5, 5.41) is 2.66. The van der Waals surface area contributed by atoms with Gasteiger partial charge in [0.15, 0.2) is 0 Å². The second-order valence-corrected chi connectivity index (χ2v) is 8.61. The number of fused-ring (bicyclic) bond motifs is 1. The molecule has 0 atom stereocenters. The minimum absolute atomic E-state index is 0.177. The number of carbonyl (C=O) groups is 1. The van der Waals surface area contributed by atoms with Gasteiger partial charge in [-0.05, 0) is 54.6 Å². The Morgan fingerprint density at radius 2 is 1.69 bits per heavy atom. The molecule has 2 aromatic carbocycles. The SMILES string of the molecule is COc1ccc(C(=O)c2c(N)c(-c3nc(-c4cc(OC)ccc4OC)cs3)c3ccccn23)cc1. The van der Waals surface area contributed by atoms with Crippen LogP contribution in [0.2, 0.25) is 0 Å². The number of anilines is 1. The highest BCUT2D eigenvalue weighted by atomic mass is 32.1. The molecule has 0 saturated carbocycles. The van der Waals surface area contributed by atoms with Gasteiger partial charge in [-0.2, -0.15) is 0 Å². The standard InChI is InChI=1S/C27H23N3O4S/c1-32-17-9-7-16(8-10-17)26(31)25-24(28)23(21-6-4-5-13-30(21)25)27-29-20(15-35-27)19-14-18(33-2)11-12-22(19)34-3/h4-15H,28H2,1-3H3. The maximum atomic E-state index is 13.5. The van der Waals surface area contributed by atoms with Crippen molar-refractivity contribution in [3.05, 3.63) is 83.5 Å². The van der Waals surface area contributed by atoms with Crippen LogP contribution in [0.15, 0.2) is 72.2 Å². The van der Waals surface area contributed by atoms with E-state index in [9.17, 15) is 4.79 Å². The van der Waals surface area contributed by atoms with Gasteiger partial charge >= 0.3 is 0 Å². The first kappa shape index (κ1) is 22.5. The van der Waals surface area contributed by atoms with E-state index in [0.717, 1.165) is 22.3 Å². The molecule has 176 valence electrons. The summed E-state index contributed by atoms with van der Waals surface area (Å²) in [4.78, 5) is 18.4. The number of aromatic nitrogens is 2. The molecule has 0 bridgehead atoms. The monoisotopic (exact) mass is 485 g/mol. The molecule has 2 N–H and O–H groups in total. The predicted octanol–water partition coefficient (Wildman–Crippen LogP) is 5.57. The molecular formula is C27H23N3O4S. The van der Waals surface area contributed by atoms with Crippen molar-refractivity contribution in [3.63, 3.8) is 0 Å². The third-order valence-electron chi connectivity index (χ3n) is 5.85. The molecule has 0 aliphatic carbocycles. The highest BCUT2D eigenvalue weighted by Gasteiger charge is 2.25. The Balaban J connectivity index is 1.64. The molecule has 0 radical (unpaired) electrons. The molecule has 5 aromatic rings. The molecule has 0 unspecified atom stereocenters. The lowest BCUT2D eigenvalue weighted by molar-refractivity contribution is 0.103. The maximum absolute atomic E-state index is 13.5. The van der Waals surface area contributed by atoms with Gasteiger partial charge in [-0.15, -0.1) is 11.3 Å². The van der Waals surface area contributed by atoms with Crippen molar-refractivity contribution in [2.45, 2.75) is 0 Å². The number of ketones is 1. The van der Waals surface area contributed by atoms with Crippen molar-refractivity contribution >= 4 is 28.3 Å². The number of nitrogen functional groups attached to an aromatic ring is 1. The number of hydrogen-bond acceptors (Lipinski definition) is 7. The molecule has 0 aliphatic heterocycles. The van der Waals surface area contributed by atoms with E-state index in [-0.39, 0.29) is 5.78 Å². The third kappa shape index (κ3) is 3.87. The number of benzene rings is 2. The third-order valence-corrected chi connectivity index (χ3v) is 6.71. The molecule has 7 nitrogen and oxygen atoms in total. The Kier molecular flexibility index (Phi) is 5.88. The molecule has 3 aromatic heterocycles. The van der Waals surface area contributed by atoms with Crippen LogP contribution >= 0.6 is 11.3 Å². The molecule has 0 saturated heterocycles. The topological polar surface area (TPSA) is 88.1 Å². The Labute approximate surface area is 206 Å². The minimum Gasteiger partial charge on any atom is -0.497 e. The predicted molar refractivity (Wildman–Crippen MR) is 138 cm³/mol. The van der Waals surface area contributed by atoms with E-state index in [4.69, 9.17) is 24.9 Å². The zero-order valence-electron chi connectivity index (χ0n) is 19.4. The van der Waals surface area contributed by atoms with Gasteiger partial charge in [-0.3, -0.25) is 4.79 Å². The van der Waals surface area contributed by atoms with Gasteiger partial charge in [0, 0.05) is 22.7 Å². The van der Waals surface area contributed by atoms with E-state index in [1.807, 2.05) is 52.4 Å². The van der Waals surface area contributed by atoms with Gasteiger partial charge < -0.3 is 24.3 Å². The van der Waals surface area contributed by atoms with Crippen LogP contribution in [-0.4, -0.2) is 36.5 Å². The summed E-state index contributed by atoms with van der Waals surface area (Å²) < 4.78 is 18.0. The first-order valence-electron chi connectivity index (χ1n) is 10.8. The summed E-state index contributed by atoms with van der Waals surface area (Å²) in [7, 11) is 4.83. The van der Waals surface area contributed by atoms with Crippen molar-refractivity contribution in [1.29, 1.82) is 0 Å². The van der Waals surface area contributed by atoms with E-state index in [2.05, 4.69) is 0 Å². The first-order valence-corrected chi connectivity index (χ1v) is 11.7. The van der Waals surface area contributed by atoms with Gasteiger partial charge in [0.25, 0.3) is 0 Å². The first-order chi connectivity index (χ1) is 17.0. The zero-order chi connectivity index (χ0) is 24.5. The van der Waals surface area contributed by atoms with Crippen LogP contribution in [-0.2, 0) is 0 Å². The van der Waals surface area contributed by atoms with E-state index >= 15 is 0 Å². The van der Waals surface area contributed by atoms with Crippen LogP contribution in [0.5, 0.6) is 17.2 Å². The molecule has 0 aliphatic rings. The Hall–Kier alpha value is -4.30. The number of rotatable bonds is 7. The quantitative estimate of drug-likeness (QED) is 0.303. The van der Waals surface area contributed by atoms with E-state index in [1.165, 1.54) is 11.3 Å². The van der Waals surface area contributed by atoms with Crippen molar-refractivity contribution in [2.75, 3.05) is 27.1 Å². The second kappa shape index (κ2) is 9.15. The molecule has 8 heteroatoms. The zero-order valence-corrected chi connectivity index (χ0v) is 20.3. The Morgan fingerprint density at radius 3 is 2.40 bits per heavy atom. The molecule has 0 fully saturated rings. The minimum atomic E-state index is -0.177. The second-order valence-electron chi connectivity index (χ2n) is 7.75. The highest BCUT2D eigenvalue weighted by Crippen LogP contribution is 2.41. The van der Waals surface area contributed by atoms with Gasteiger partial charge in [0.2, 0.25) is 5.78 Å². The van der Waals surface area contributed by atoms with E-state index in [0.29, 0.717) is 39.2 Å². The lowest BCUT2D eigenvalue weighted by atomic mass is 10.1. The fourth-order valence-corrected chi connectivity index (χ4v) is 4.98. The number of ether oxygens (including phenoxy) is 3. The molecule has 5 rings (SSSR count). The fourth-order valence-electron chi connectivity index (χ4n) is 4.09. The summed E-state index contributed by atoms with van der Waals surface area (Å²) >= 11 is 1.46. The van der Waals surface area contributed by atoms with Crippen molar-refractivity contribution in [1.82, 2.24) is 9.38 Å². The van der Waals surface area contributed by atoms with Crippen LogP contribution in [0.1, 0.15) is 16.1 Å². The molecule has 35 heavy (non-hydrogen) atoms. The smallest absolute Gasteiger partial charge is 0.211 e. The lowest BCUT2D eigenvalue weighted by Crippen LogP contribution is -2.08. The van der Waals surface area contributed by atoms with Gasteiger partial charge in [0.1, 0.15) is 28.0 Å². The maximum Gasteiger partial charge on any atom is 0.211 e. The molecule has 0 spiro atoms. The van der Waals surface area contributed by atoms with Crippen molar-refractivity contribution < 1.29 is 19.0 Å².